The molecule has 0 saturated carbocycles. The lowest BCUT2D eigenvalue weighted by molar-refractivity contribution is -0.132. The average Bonchev–Trinajstić information content (AvgIpc) is 2.52. The summed E-state index contributed by atoms with van der Waals surface area (Å²) in [6.45, 7) is 7.12. The Kier molecular flexibility index (Phi) is 6.40. The molecule has 110 valence electrons. The zero-order valence-electron chi connectivity index (χ0n) is 12.3. The quantitative estimate of drug-likeness (QED) is 0.753. The van der Waals surface area contributed by atoms with Gasteiger partial charge in [0.25, 0.3) is 0 Å². The van der Waals surface area contributed by atoms with E-state index in [2.05, 4.69) is 36.1 Å². The molecule has 1 saturated heterocycles. The van der Waals surface area contributed by atoms with E-state index in [4.69, 9.17) is 0 Å². The molecule has 1 aliphatic rings. The van der Waals surface area contributed by atoms with Crippen molar-refractivity contribution in [2.75, 3.05) is 38.5 Å². The monoisotopic (exact) mass is 292 g/mol. The number of piperazine rings is 1. The van der Waals surface area contributed by atoms with Crippen molar-refractivity contribution < 1.29 is 4.79 Å². The molecule has 20 heavy (non-hydrogen) atoms. The molecule has 0 atom stereocenters. The van der Waals surface area contributed by atoms with Gasteiger partial charge in [-0.1, -0.05) is 37.3 Å². The lowest BCUT2D eigenvalue weighted by atomic mass is 10.2. The number of nitrogens with zero attached hydrogens (tertiary/aromatic N) is 2. The van der Waals surface area contributed by atoms with Gasteiger partial charge in [0.15, 0.2) is 0 Å². The lowest BCUT2D eigenvalue weighted by Crippen LogP contribution is -2.48. The Morgan fingerprint density at radius 2 is 1.85 bits per heavy atom. The number of hydrogen-bond donors (Lipinski definition) is 0. The summed E-state index contributed by atoms with van der Waals surface area (Å²) in [6.07, 6.45) is 0.670. The fourth-order valence-corrected chi connectivity index (χ4v) is 3.29. The minimum atomic E-state index is 0.321. The van der Waals surface area contributed by atoms with Crippen molar-refractivity contribution in [3.8, 4) is 0 Å². The van der Waals surface area contributed by atoms with Crippen LogP contribution in [0.3, 0.4) is 0 Å². The molecule has 0 radical (unpaired) electrons. The van der Waals surface area contributed by atoms with Crippen LogP contribution in [0.25, 0.3) is 0 Å². The molecule has 1 aromatic rings. The Morgan fingerprint density at radius 3 is 2.50 bits per heavy atom. The summed E-state index contributed by atoms with van der Waals surface area (Å²) in [5.41, 5.74) is 1.33. The van der Waals surface area contributed by atoms with Crippen LogP contribution in [-0.2, 0) is 10.5 Å². The van der Waals surface area contributed by atoms with E-state index in [9.17, 15) is 4.79 Å². The van der Waals surface area contributed by atoms with Crippen molar-refractivity contribution in [2.24, 2.45) is 0 Å². The van der Waals surface area contributed by atoms with Crippen LogP contribution >= 0.6 is 11.8 Å². The molecule has 0 bridgehead atoms. The Balaban J connectivity index is 1.61. The average molecular weight is 292 g/mol. The molecule has 2 rings (SSSR count). The van der Waals surface area contributed by atoms with E-state index in [0.29, 0.717) is 12.3 Å². The lowest BCUT2D eigenvalue weighted by Gasteiger charge is -2.34. The van der Waals surface area contributed by atoms with E-state index in [-0.39, 0.29) is 0 Å². The van der Waals surface area contributed by atoms with E-state index in [0.717, 1.165) is 44.2 Å². The normalized spacial score (nSPS) is 16.4. The van der Waals surface area contributed by atoms with Gasteiger partial charge in [0.1, 0.15) is 0 Å². The van der Waals surface area contributed by atoms with Crippen molar-refractivity contribution in [2.45, 2.75) is 19.1 Å². The topological polar surface area (TPSA) is 23.6 Å². The zero-order chi connectivity index (χ0) is 14.2. The van der Waals surface area contributed by atoms with Crippen molar-refractivity contribution in [1.29, 1.82) is 0 Å². The van der Waals surface area contributed by atoms with Crippen LogP contribution in [0.15, 0.2) is 30.3 Å². The molecule has 0 aliphatic carbocycles. The minimum absolute atomic E-state index is 0.321. The summed E-state index contributed by atoms with van der Waals surface area (Å²) in [6, 6.07) is 10.4. The van der Waals surface area contributed by atoms with Crippen LogP contribution in [0, 0.1) is 0 Å². The maximum Gasteiger partial charge on any atom is 0.223 e. The predicted molar refractivity (Wildman–Crippen MR) is 85.9 cm³/mol. The number of benzene rings is 1. The zero-order valence-corrected chi connectivity index (χ0v) is 13.1. The third kappa shape index (κ3) is 4.84. The van der Waals surface area contributed by atoms with Crippen LogP contribution < -0.4 is 0 Å². The standard InChI is InChI=1S/C16H24N2OS/c1-2-17-9-11-18(12-10-17)16(19)8-13-20-14-15-6-4-3-5-7-15/h3-7H,2,8-14H2,1H3. The smallest absolute Gasteiger partial charge is 0.223 e. The largest absolute Gasteiger partial charge is 0.340 e. The van der Waals surface area contributed by atoms with Gasteiger partial charge in [-0.3, -0.25) is 4.79 Å². The fourth-order valence-electron chi connectivity index (χ4n) is 2.40. The first-order valence-corrected chi connectivity index (χ1v) is 8.57. The van der Waals surface area contributed by atoms with Gasteiger partial charge in [0, 0.05) is 44.1 Å². The number of hydrogen-bond acceptors (Lipinski definition) is 3. The molecule has 1 amide bonds. The van der Waals surface area contributed by atoms with E-state index < -0.39 is 0 Å². The first-order chi connectivity index (χ1) is 9.79. The summed E-state index contributed by atoms with van der Waals surface area (Å²) in [5.74, 6) is 2.24. The number of carbonyl (C=O) groups is 1. The van der Waals surface area contributed by atoms with Crippen LogP contribution in [0.2, 0.25) is 0 Å². The second-order valence-corrected chi connectivity index (χ2v) is 6.21. The summed E-state index contributed by atoms with van der Waals surface area (Å²) in [5, 5.41) is 0. The highest BCUT2D eigenvalue weighted by atomic mass is 32.2. The van der Waals surface area contributed by atoms with Gasteiger partial charge < -0.3 is 9.80 Å². The third-order valence-corrected chi connectivity index (χ3v) is 4.77. The first-order valence-electron chi connectivity index (χ1n) is 7.41. The van der Waals surface area contributed by atoms with Crippen LogP contribution in [0.5, 0.6) is 0 Å². The second-order valence-electron chi connectivity index (χ2n) is 5.10. The van der Waals surface area contributed by atoms with E-state index >= 15 is 0 Å². The van der Waals surface area contributed by atoms with Gasteiger partial charge in [-0.15, -0.1) is 0 Å². The van der Waals surface area contributed by atoms with Gasteiger partial charge in [0.05, 0.1) is 0 Å². The number of amides is 1. The number of rotatable bonds is 6. The number of carbonyl (C=O) groups excluding carboxylic acids is 1. The molecule has 0 unspecified atom stereocenters. The molecule has 0 N–H and O–H groups in total. The van der Waals surface area contributed by atoms with E-state index in [1.807, 2.05) is 22.7 Å². The molecular formula is C16H24N2OS. The molecule has 0 spiro atoms. The van der Waals surface area contributed by atoms with Gasteiger partial charge in [0.2, 0.25) is 5.91 Å². The van der Waals surface area contributed by atoms with E-state index in [1.165, 1.54) is 5.56 Å². The van der Waals surface area contributed by atoms with Gasteiger partial charge in [-0.2, -0.15) is 11.8 Å². The third-order valence-electron chi connectivity index (χ3n) is 3.74. The maximum absolute atomic E-state index is 12.1. The Labute approximate surface area is 126 Å². The molecular weight excluding hydrogens is 268 g/mol. The van der Waals surface area contributed by atoms with Gasteiger partial charge >= 0.3 is 0 Å². The highest BCUT2D eigenvalue weighted by Gasteiger charge is 2.19. The van der Waals surface area contributed by atoms with Crippen LogP contribution in [-0.4, -0.2) is 54.2 Å². The van der Waals surface area contributed by atoms with Crippen LogP contribution in [0.1, 0.15) is 18.9 Å². The second kappa shape index (κ2) is 8.32. The summed E-state index contributed by atoms with van der Waals surface area (Å²) < 4.78 is 0. The Morgan fingerprint density at radius 1 is 1.15 bits per heavy atom. The molecule has 0 aromatic heterocycles. The maximum atomic E-state index is 12.1. The predicted octanol–water partition coefficient (Wildman–Crippen LogP) is 2.47. The molecule has 1 aliphatic heterocycles. The highest BCUT2D eigenvalue weighted by Crippen LogP contribution is 2.13. The number of likely N-dealkylation sites (N-methyl/N-ethyl adjacent to an activating group) is 1. The minimum Gasteiger partial charge on any atom is -0.340 e. The summed E-state index contributed by atoms with van der Waals surface area (Å²) in [4.78, 5) is 16.5. The molecule has 1 heterocycles. The first kappa shape index (κ1) is 15.4. The molecule has 4 heteroatoms. The van der Waals surface area contributed by atoms with Crippen molar-refractivity contribution in [3.63, 3.8) is 0 Å². The molecule has 1 fully saturated rings. The molecule has 1 aromatic carbocycles. The fraction of sp³-hybridized carbons (Fsp3) is 0.562. The summed E-state index contributed by atoms with van der Waals surface area (Å²) in [7, 11) is 0. The molecule has 3 nitrogen and oxygen atoms in total. The number of thioether (sulfide) groups is 1. The SMILES string of the molecule is CCN1CCN(C(=O)CCSCc2ccccc2)CC1. The Hall–Kier alpha value is -1.00. The van der Waals surface area contributed by atoms with Crippen molar-refractivity contribution in [3.05, 3.63) is 35.9 Å². The van der Waals surface area contributed by atoms with Gasteiger partial charge in [-0.25, -0.2) is 0 Å². The Bertz CT molecular complexity index is 402. The highest BCUT2D eigenvalue weighted by molar-refractivity contribution is 7.98. The van der Waals surface area contributed by atoms with Gasteiger partial charge in [-0.05, 0) is 12.1 Å². The van der Waals surface area contributed by atoms with E-state index in [1.54, 1.807) is 0 Å². The van der Waals surface area contributed by atoms with Crippen LogP contribution in [0.4, 0.5) is 0 Å². The van der Waals surface area contributed by atoms with Crippen molar-refractivity contribution in [1.82, 2.24) is 9.80 Å². The summed E-state index contributed by atoms with van der Waals surface area (Å²) >= 11 is 1.85. The van der Waals surface area contributed by atoms with Crippen molar-refractivity contribution >= 4 is 17.7 Å².